The second kappa shape index (κ2) is 15.1. The van der Waals surface area contributed by atoms with E-state index in [1.54, 1.807) is 5.57 Å². The van der Waals surface area contributed by atoms with Crippen molar-refractivity contribution in [3.8, 4) is 0 Å². The summed E-state index contributed by atoms with van der Waals surface area (Å²) >= 11 is 0. The highest BCUT2D eigenvalue weighted by atomic mass is 16.5. The summed E-state index contributed by atoms with van der Waals surface area (Å²) in [4.78, 5) is 12.7. The summed E-state index contributed by atoms with van der Waals surface area (Å²) in [7, 11) is 0. The number of fused-ring (bicyclic) bond motifs is 5. The van der Waals surface area contributed by atoms with Gasteiger partial charge in [-0.05, 0) is 130 Å². The van der Waals surface area contributed by atoms with Crippen LogP contribution in [0, 0.1) is 52.3 Å². The molecule has 3 saturated carbocycles. The summed E-state index contributed by atoms with van der Waals surface area (Å²) in [6, 6.07) is 0. The van der Waals surface area contributed by atoms with Gasteiger partial charge in [-0.25, -0.2) is 0 Å². The minimum absolute atomic E-state index is 0.0408. The largest absolute Gasteiger partial charge is 0.462 e. The van der Waals surface area contributed by atoms with Crippen LogP contribution in [0.1, 0.15) is 151 Å². The lowest BCUT2D eigenvalue weighted by atomic mass is 9.47. The van der Waals surface area contributed by atoms with Crippen LogP contribution in [0.4, 0.5) is 0 Å². The van der Waals surface area contributed by atoms with Crippen molar-refractivity contribution in [1.29, 1.82) is 0 Å². The molecule has 42 heavy (non-hydrogen) atoms. The van der Waals surface area contributed by atoms with Gasteiger partial charge in [0.25, 0.3) is 0 Å². The van der Waals surface area contributed by atoms with Crippen molar-refractivity contribution in [2.24, 2.45) is 52.3 Å². The van der Waals surface area contributed by atoms with Crippen LogP contribution in [-0.4, -0.2) is 12.1 Å². The Balaban J connectivity index is 1.30. The van der Waals surface area contributed by atoms with E-state index < -0.39 is 0 Å². The molecule has 0 aromatic heterocycles. The molecule has 238 valence electrons. The van der Waals surface area contributed by atoms with Gasteiger partial charge in [-0.15, -0.1) is 0 Å². The van der Waals surface area contributed by atoms with Crippen LogP contribution in [0.3, 0.4) is 0 Å². The van der Waals surface area contributed by atoms with E-state index in [2.05, 4.69) is 78.8 Å². The average Bonchev–Trinajstić information content (AvgIpc) is 3.32. The molecular formula is C40H66O2. The first kappa shape index (κ1) is 33.6. The van der Waals surface area contributed by atoms with Gasteiger partial charge in [-0.3, -0.25) is 4.79 Å². The van der Waals surface area contributed by atoms with E-state index >= 15 is 0 Å². The van der Waals surface area contributed by atoms with E-state index in [0.717, 1.165) is 55.3 Å². The maximum Gasteiger partial charge on any atom is 0.306 e. The Bertz CT molecular complexity index is 957. The number of esters is 1. The SMILES string of the molecule is C/C=C\CCCCCCCC(=O)OC1CCC2(C)C(=CCC3C2CCC2(C)C(C(C)/C=C/C(CC)C(C)C)CCC32)C1. The van der Waals surface area contributed by atoms with Gasteiger partial charge in [0.05, 0.1) is 0 Å². The van der Waals surface area contributed by atoms with E-state index in [1.165, 1.54) is 70.6 Å². The molecular weight excluding hydrogens is 512 g/mol. The van der Waals surface area contributed by atoms with Gasteiger partial charge in [0.1, 0.15) is 6.10 Å². The molecule has 4 aliphatic rings. The van der Waals surface area contributed by atoms with Crippen molar-refractivity contribution in [3.63, 3.8) is 0 Å². The zero-order valence-corrected chi connectivity index (χ0v) is 28.6. The Morgan fingerprint density at radius 2 is 1.74 bits per heavy atom. The fourth-order valence-electron chi connectivity index (χ4n) is 10.4. The van der Waals surface area contributed by atoms with Crippen molar-refractivity contribution in [2.75, 3.05) is 0 Å². The number of allylic oxidation sites excluding steroid dienone is 5. The number of rotatable bonds is 14. The third-order valence-corrected chi connectivity index (χ3v) is 13.0. The zero-order chi connectivity index (χ0) is 30.3. The van der Waals surface area contributed by atoms with Crippen molar-refractivity contribution < 1.29 is 9.53 Å². The van der Waals surface area contributed by atoms with Gasteiger partial charge in [0.2, 0.25) is 0 Å². The Kier molecular flexibility index (Phi) is 12.1. The third-order valence-electron chi connectivity index (χ3n) is 13.0. The lowest BCUT2D eigenvalue weighted by Crippen LogP contribution is -2.51. The van der Waals surface area contributed by atoms with Crippen molar-refractivity contribution >= 4 is 5.97 Å². The van der Waals surface area contributed by atoms with Gasteiger partial charge < -0.3 is 4.74 Å². The number of hydrogen-bond donors (Lipinski definition) is 0. The summed E-state index contributed by atoms with van der Waals surface area (Å²) in [5.74, 6) is 5.53. The van der Waals surface area contributed by atoms with Gasteiger partial charge in [0, 0.05) is 12.8 Å². The molecule has 9 atom stereocenters. The Morgan fingerprint density at radius 3 is 2.48 bits per heavy atom. The monoisotopic (exact) mass is 579 g/mol. The molecule has 0 aromatic carbocycles. The van der Waals surface area contributed by atoms with Crippen LogP contribution >= 0.6 is 0 Å². The number of carbonyl (C=O) groups excluding carboxylic acids is 1. The van der Waals surface area contributed by atoms with E-state index in [4.69, 9.17) is 4.74 Å². The van der Waals surface area contributed by atoms with Crippen LogP contribution in [0.5, 0.6) is 0 Å². The fourth-order valence-corrected chi connectivity index (χ4v) is 10.4. The fraction of sp³-hybridized carbons (Fsp3) is 0.825. The highest BCUT2D eigenvalue weighted by Crippen LogP contribution is 2.67. The minimum Gasteiger partial charge on any atom is -0.462 e. The molecule has 0 bridgehead atoms. The summed E-state index contributed by atoms with van der Waals surface area (Å²) in [6.07, 6.45) is 31.3. The van der Waals surface area contributed by atoms with Gasteiger partial charge in [0.15, 0.2) is 0 Å². The molecule has 0 aliphatic heterocycles. The second-order valence-electron chi connectivity index (χ2n) is 15.8. The van der Waals surface area contributed by atoms with E-state index in [1.807, 2.05) is 0 Å². The number of hydrogen-bond acceptors (Lipinski definition) is 2. The minimum atomic E-state index is 0.0408. The standard InChI is InChI=1S/C40H66O2/c1-8-10-11-12-13-14-15-16-17-38(41)42-33-24-26-39(6)32(28-33)20-21-34-36-23-22-35(40(36,7)27-25-37(34)39)30(5)18-19-31(9-2)29(3)4/h8,10,18-20,29-31,33-37H,9,11-17,21-28H2,1-7H3/b10-8-,19-18+. The van der Waals surface area contributed by atoms with Crippen LogP contribution in [0.25, 0.3) is 0 Å². The Labute approximate surface area is 260 Å². The molecule has 2 nitrogen and oxygen atoms in total. The summed E-state index contributed by atoms with van der Waals surface area (Å²) in [5, 5.41) is 0. The van der Waals surface area contributed by atoms with Gasteiger partial charge in [-0.1, -0.05) is 96.8 Å². The van der Waals surface area contributed by atoms with E-state index in [9.17, 15) is 4.79 Å². The quantitative estimate of drug-likeness (QED) is 0.116. The van der Waals surface area contributed by atoms with Crippen LogP contribution in [0.2, 0.25) is 0 Å². The van der Waals surface area contributed by atoms with Crippen LogP contribution in [0.15, 0.2) is 36.0 Å². The highest BCUT2D eigenvalue weighted by molar-refractivity contribution is 5.69. The van der Waals surface area contributed by atoms with Gasteiger partial charge >= 0.3 is 5.97 Å². The Hall–Kier alpha value is -1.31. The van der Waals surface area contributed by atoms with E-state index in [-0.39, 0.29) is 12.1 Å². The first-order chi connectivity index (χ1) is 20.1. The lowest BCUT2D eigenvalue weighted by molar-refractivity contribution is -0.151. The molecule has 0 heterocycles. The van der Waals surface area contributed by atoms with E-state index in [0.29, 0.717) is 29.1 Å². The lowest BCUT2D eigenvalue weighted by Gasteiger charge is -2.58. The molecule has 9 unspecified atom stereocenters. The molecule has 0 radical (unpaired) electrons. The number of carbonyl (C=O) groups is 1. The maximum absolute atomic E-state index is 12.7. The first-order valence-corrected chi connectivity index (χ1v) is 18.3. The van der Waals surface area contributed by atoms with Crippen LogP contribution < -0.4 is 0 Å². The zero-order valence-electron chi connectivity index (χ0n) is 28.6. The molecule has 0 spiro atoms. The van der Waals surface area contributed by atoms with Crippen LogP contribution in [-0.2, 0) is 9.53 Å². The predicted octanol–water partition coefficient (Wildman–Crippen LogP) is 11.7. The molecule has 4 rings (SSSR count). The normalized spacial score (nSPS) is 36.0. The summed E-state index contributed by atoms with van der Waals surface area (Å²) in [5.41, 5.74) is 2.43. The molecule has 4 aliphatic carbocycles. The van der Waals surface area contributed by atoms with Gasteiger partial charge in [-0.2, -0.15) is 0 Å². The molecule has 0 saturated heterocycles. The van der Waals surface area contributed by atoms with Crippen molar-refractivity contribution in [1.82, 2.24) is 0 Å². The average molecular weight is 579 g/mol. The molecule has 0 aromatic rings. The molecule has 2 heteroatoms. The number of unbranched alkanes of at least 4 members (excludes halogenated alkanes) is 5. The Morgan fingerprint density at radius 1 is 0.976 bits per heavy atom. The highest BCUT2D eigenvalue weighted by Gasteiger charge is 2.59. The smallest absolute Gasteiger partial charge is 0.306 e. The number of ether oxygens (including phenoxy) is 1. The molecule has 0 N–H and O–H groups in total. The first-order valence-electron chi connectivity index (χ1n) is 18.3. The maximum atomic E-state index is 12.7. The summed E-state index contributed by atoms with van der Waals surface area (Å²) < 4.78 is 6.07. The topological polar surface area (TPSA) is 26.3 Å². The molecule has 0 amide bonds. The second-order valence-corrected chi connectivity index (χ2v) is 15.8. The summed E-state index contributed by atoms with van der Waals surface area (Å²) in [6.45, 7) is 17.0. The molecule has 3 fully saturated rings. The predicted molar refractivity (Wildman–Crippen MR) is 179 cm³/mol. The third kappa shape index (κ3) is 7.48. The van der Waals surface area contributed by atoms with Crippen molar-refractivity contribution in [2.45, 2.75) is 157 Å². The van der Waals surface area contributed by atoms with Crippen molar-refractivity contribution in [3.05, 3.63) is 36.0 Å².